The van der Waals surface area contributed by atoms with Gasteiger partial charge in [0.1, 0.15) is 12.4 Å². The van der Waals surface area contributed by atoms with Gasteiger partial charge in [-0.15, -0.1) is 34.2 Å². The molecule has 1 aromatic rings. The molecule has 1 heterocycles. The van der Waals surface area contributed by atoms with Gasteiger partial charge in [-0.1, -0.05) is 46.5 Å². The molecule has 0 aromatic carbocycles. The molecule has 0 aliphatic heterocycles. The van der Waals surface area contributed by atoms with E-state index in [-0.39, 0.29) is 24.0 Å². The standard InChI is InChI=1S/C18H36N6.HI/c1-6-9-11-16(8-3)13-20-18(19-12-10-7-2)21-14-17-23-22-15(4)24(17)5;/h16H,6-14H2,1-5H3,(H2,19,20,21);1H. The highest BCUT2D eigenvalue weighted by molar-refractivity contribution is 14.0. The van der Waals surface area contributed by atoms with Crippen molar-refractivity contribution in [2.75, 3.05) is 13.1 Å². The van der Waals surface area contributed by atoms with Gasteiger partial charge in [-0.25, -0.2) is 4.99 Å². The quantitative estimate of drug-likeness (QED) is 0.226. The fourth-order valence-corrected chi connectivity index (χ4v) is 2.48. The molecule has 146 valence electrons. The summed E-state index contributed by atoms with van der Waals surface area (Å²) in [4.78, 5) is 4.70. The summed E-state index contributed by atoms with van der Waals surface area (Å²) < 4.78 is 1.99. The number of hydrogen-bond acceptors (Lipinski definition) is 3. The number of nitrogens with one attached hydrogen (secondary N) is 2. The molecule has 25 heavy (non-hydrogen) atoms. The van der Waals surface area contributed by atoms with E-state index >= 15 is 0 Å². The lowest BCUT2D eigenvalue weighted by Gasteiger charge is -2.18. The van der Waals surface area contributed by atoms with Gasteiger partial charge in [-0.05, 0) is 25.7 Å². The number of aryl methyl sites for hydroxylation is 1. The van der Waals surface area contributed by atoms with E-state index in [1.807, 2.05) is 18.5 Å². The van der Waals surface area contributed by atoms with Gasteiger partial charge < -0.3 is 15.2 Å². The van der Waals surface area contributed by atoms with Gasteiger partial charge >= 0.3 is 0 Å². The largest absolute Gasteiger partial charge is 0.356 e. The lowest BCUT2D eigenvalue weighted by molar-refractivity contribution is 0.443. The smallest absolute Gasteiger partial charge is 0.191 e. The zero-order valence-corrected chi connectivity index (χ0v) is 19.0. The minimum atomic E-state index is 0. The Morgan fingerprint density at radius 2 is 1.84 bits per heavy atom. The maximum Gasteiger partial charge on any atom is 0.191 e. The summed E-state index contributed by atoms with van der Waals surface area (Å²) in [6.07, 6.45) is 7.38. The van der Waals surface area contributed by atoms with Crippen molar-refractivity contribution in [2.45, 2.75) is 72.8 Å². The van der Waals surface area contributed by atoms with Crippen LogP contribution in [0.2, 0.25) is 0 Å². The Bertz CT molecular complexity index is 486. The van der Waals surface area contributed by atoms with E-state index in [2.05, 4.69) is 41.6 Å². The molecule has 1 atom stereocenters. The summed E-state index contributed by atoms with van der Waals surface area (Å²) in [7, 11) is 1.98. The number of aliphatic imine (C=N–C) groups is 1. The van der Waals surface area contributed by atoms with E-state index in [1.54, 1.807) is 0 Å². The number of hydrogen-bond donors (Lipinski definition) is 2. The van der Waals surface area contributed by atoms with Crippen molar-refractivity contribution in [3.8, 4) is 0 Å². The number of nitrogens with zero attached hydrogens (tertiary/aromatic N) is 4. The van der Waals surface area contributed by atoms with Crippen LogP contribution in [0, 0.1) is 12.8 Å². The van der Waals surface area contributed by atoms with Gasteiger partial charge in [0, 0.05) is 20.1 Å². The molecule has 0 saturated heterocycles. The van der Waals surface area contributed by atoms with Crippen molar-refractivity contribution in [3.05, 3.63) is 11.6 Å². The third kappa shape index (κ3) is 9.42. The fourth-order valence-electron chi connectivity index (χ4n) is 2.48. The highest BCUT2D eigenvalue weighted by Crippen LogP contribution is 2.11. The molecule has 0 spiro atoms. The third-order valence-corrected chi connectivity index (χ3v) is 4.49. The first-order valence-electron chi connectivity index (χ1n) is 9.49. The first-order chi connectivity index (χ1) is 11.6. The maximum absolute atomic E-state index is 4.70. The van der Waals surface area contributed by atoms with Gasteiger partial charge in [0.2, 0.25) is 0 Å². The number of unbranched alkanes of at least 4 members (excludes halogenated alkanes) is 2. The highest BCUT2D eigenvalue weighted by atomic mass is 127. The summed E-state index contributed by atoms with van der Waals surface area (Å²) in [6, 6.07) is 0. The van der Waals surface area contributed by atoms with Crippen LogP contribution < -0.4 is 10.6 Å². The Morgan fingerprint density at radius 1 is 1.12 bits per heavy atom. The summed E-state index contributed by atoms with van der Waals surface area (Å²) >= 11 is 0. The molecular formula is C18H37IN6. The van der Waals surface area contributed by atoms with Crippen molar-refractivity contribution in [1.29, 1.82) is 0 Å². The minimum Gasteiger partial charge on any atom is -0.356 e. The van der Waals surface area contributed by atoms with Gasteiger partial charge in [0.15, 0.2) is 11.8 Å². The second-order valence-electron chi connectivity index (χ2n) is 6.47. The Morgan fingerprint density at radius 3 is 2.40 bits per heavy atom. The lowest BCUT2D eigenvalue weighted by atomic mass is 9.99. The van der Waals surface area contributed by atoms with Crippen LogP contribution in [0.1, 0.15) is 70.9 Å². The Hall–Kier alpha value is -0.860. The van der Waals surface area contributed by atoms with Crippen molar-refractivity contribution in [3.63, 3.8) is 0 Å². The van der Waals surface area contributed by atoms with Gasteiger partial charge in [-0.2, -0.15) is 0 Å². The van der Waals surface area contributed by atoms with E-state index in [0.29, 0.717) is 12.5 Å². The van der Waals surface area contributed by atoms with Crippen LogP contribution in [0.25, 0.3) is 0 Å². The predicted octanol–water partition coefficient (Wildman–Crippen LogP) is 3.79. The molecule has 0 radical (unpaired) electrons. The van der Waals surface area contributed by atoms with Crippen LogP contribution in [0.15, 0.2) is 4.99 Å². The number of aromatic nitrogens is 3. The van der Waals surface area contributed by atoms with E-state index in [1.165, 1.54) is 32.1 Å². The molecule has 1 unspecified atom stereocenters. The monoisotopic (exact) mass is 464 g/mol. The van der Waals surface area contributed by atoms with Crippen molar-refractivity contribution >= 4 is 29.9 Å². The minimum absolute atomic E-state index is 0. The predicted molar refractivity (Wildman–Crippen MR) is 117 cm³/mol. The Labute approximate surface area is 170 Å². The van der Waals surface area contributed by atoms with E-state index in [9.17, 15) is 0 Å². The van der Waals surface area contributed by atoms with Crippen molar-refractivity contribution in [2.24, 2.45) is 18.0 Å². The van der Waals surface area contributed by atoms with Crippen LogP contribution in [0.4, 0.5) is 0 Å². The van der Waals surface area contributed by atoms with Crippen LogP contribution >= 0.6 is 24.0 Å². The van der Waals surface area contributed by atoms with E-state index < -0.39 is 0 Å². The summed E-state index contributed by atoms with van der Waals surface area (Å²) in [6.45, 7) is 11.2. The Balaban J connectivity index is 0.00000576. The molecule has 0 fully saturated rings. The second-order valence-corrected chi connectivity index (χ2v) is 6.47. The molecule has 1 aromatic heterocycles. The summed E-state index contributed by atoms with van der Waals surface area (Å²) in [5.41, 5.74) is 0. The third-order valence-electron chi connectivity index (χ3n) is 4.49. The zero-order valence-electron chi connectivity index (χ0n) is 16.6. The molecule has 2 N–H and O–H groups in total. The number of rotatable bonds is 11. The second kappa shape index (κ2) is 14.3. The topological polar surface area (TPSA) is 67.1 Å². The molecule has 1 rings (SSSR count). The maximum atomic E-state index is 4.70. The molecule has 6 nitrogen and oxygen atoms in total. The molecule has 0 aliphatic carbocycles. The summed E-state index contributed by atoms with van der Waals surface area (Å²) in [5.74, 6) is 3.40. The van der Waals surface area contributed by atoms with Crippen LogP contribution in [-0.4, -0.2) is 33.8 Å². The number of guanidine groups is 1. The van der Waals surface area contributed by atoms with Crippen LogP contribution in [-0.2, 0) is 13.6 Å². The normalized spacial score (nSPS) is 12.6. The molecule has 7 heteroatoms. The molecule has 0 saturated carbocycles. The molecule has 0 amide bonds. The molecular weight excluding hydrogens is 427 g/mol. The van der Waals surface area contributed by atoms with Gasteiger partial charge in [0.05, 0.1) is 0 Å². The first-order valence-corrected chi connectivity index (χ1v) is 9.49. The lowest BCUT2D eigenvalue weighted by Crippen LogP contribution is -2.40. The average molecular weight is 464 g/mol. The fraction of sp³-hybridized carbons (Fsp3) is 0.833. The van der Waals surface area contributed by atoms with Crippen molar-refractivity contribution < 1.29 is 0 Å². The van der Waals surface area contributed by atoms with Gasteiger partial charge in [-0.3, -0.25) is 0 Å². The van der Waals surface area contributed by atoms with Crippen molar-refractivity contribution in [1.82, 2.24) is 25.4 Å². The van der Waals surface area contributed by atoms with Gasteiger partial charge in [0.25, 0.3) is 0 Å². The highest BCUT2D eigenvalue weighted by Gasteiger charge is 2.08. The van der Waals surface area contributed by atoms with E-state index in [4.69, 9.17) is 4.99 Å². The van der Waals surface area contributed by atoms with E-state index in [0.717, 1.165) is 37.1 Å². The average Bonchev–Trinajstić information content (AvgIpc) is 2.91. The molecule has 0 bridgehead atoms. The molecule has 0 aliphatic rings. The summed E-state index contributed by atoms with van der Waals surface area (Å²) in [5, 5.41) is 15.2. The van der Waals surface area contributed by atoms with Crippen LogP contribution in [0.3, 0.4) is 0 Å². The first kappa shape index (κ1) is 24.1. The number of halogens is 1. The van der Waals surface area contributed by atoms with Crippen LogP contribution in [0.5, 0.6) is 0 Å². The zero-order chi connectivity index (χ0) is 17.8. The Kier molecular flexibility index (Phi) is 13.8. The SMILES string of the molecule is CCCCNC(=NCc1nnc(C)n1C)NCC(CC)CCCC.I.